The third-order valence-corrected chi connectivity index (χ3v) is 4.27. The Morgan fingerprint density at radius 1 is 0.882 bits per heavy atom. The van der Waals surface area contributed by atoms with Crippen molar-refractivity contribution in [2.24, 2.45) is 5.92 Å². The molecule has 2 saturated heterocycles. The van der Waals surface area contributed by atoms with Crippen molar-refractivity contribution in [3.05, 3.63) is 0 Å². The van der Waals surface area contributed by atoms with E-state index in [2.05, 4.69) is 22.0 Å². The highest BCUT2D eigenvalue weighted by atomic mass is 15.2. The van der Waals surface area contributed by atoms with Crippen molar-refractivity contribution < 1.29 is 0 Å². The molecule has 1 N–H and O–H groups in total. The summed E-state index contributed by atoms with van der Waals surface area (Å²) in [6.07, 6.45) is 5.56. The molecule has 17 heavy (non-hydrogen) atoms. The second-order valence-corrected chi connectivity index (χ2v) is 5.82. The maximum atomic E-state index is 3.48. The van der Waals surface area contributed by atoms with Gasteiger partial charge in [-0.1, -0.05) is 6.92 Å². The summed E-state index contributed by atoms with van der Waals surface area (Å²) in [5.74, 6) is 0.947. The molecule has 2 fully saturated rings. The predicted molar refractivity (Wildman–Crippen MR) is 73.4 cm³/mol. The molecule has 1 unspecified atom stereocenters. The summed E-state index contributed by atoms with van der Waals surface area (Å²) < 4.78 is 0. The number of hydrogen-bond donors (Lipinski definition) is 1. The van der Waals surface area contributed by atoms with Crippen LogP contribution in [0.3, 0.4) is 0 Å². The zero-order valence-corrected chi connectivity index (χ0v) is 11.5. The second-order valence-electron chi connectivity index (χ2n) is 5.82. The molecular formula is C14H29N3. The number of rotatable bonds is 3. The third-order valence-electron chi connectivity index (χ3n) is 4.27. The lowest BCUT2D eigenvalue weighted by Crippen LogP contribution is -2.37. The molecule has 0 aromatic carbocycles. The van der Waals surface area contributed by atoms with E-state index in [9.17, 15) is 0 Å². The van der Waals surface area contributed by atoms with Crippen molar-refractivity contribution in [3.63, 3.8) is 0 Å². The standard InChI is InChI=1S/C14H29N3/c1-14-4-2-8-16(10-5-14)12-13-17-9-3-6-15-7-11-17/h14-15H,2-13H2,1H3. The summed E-state index contributed by atoms with van der Waals surface area (Å²) >= 11 is 0. The quantitative estimate of drug-likeness (QED) is 0.803. The Kier molecular flexibility index (Phi) is 5.75. The first kappa shape index (κ1) is 13.3. The van der Waals surface area contributed by atoms with Gasteiger partial charge in [-0.3, -0.25) is 0 Å². The molecule has 0 spiro atoms. The van der Waals surface area contributed by atoms with Crippen molar-refractivity contribution in [1.82, 2.24) is 15.1 Å². The number of nitrogens with one attached hydrogen (secondary N) is 1. The molecule has 100 valence electrons. The molecule has 0 radical (unpaired) electrons. The molecule has 0 aromatic heterocycles. The zero-order chi connectivity index (χ0) is 11.9. The lowest BCUT2D eigenvalue weighted by molar-refractivity contribution is 0.213. The molecule has 1 atom stereocenters. The molecule has 0 saturated carbocycles. The van der Waals surface area contributed by atoms with Crippen molar-refractivity contribution in [2.75, 3.05) is 52.4 Å². The molecule has 0 amide bonds. The SMILES string of the molecule is CC1CCCN(CCN2CCCNCC2)CC1. The van der Waals surface area contributed by atoms with Gasteiger partial charge in [-0.25, -0.2) is 0 Å². The topological polar surface area (TPSA) is 18.5 Å². The van der Waals surface area contributed by atoms with Crippen LogP contribution in [0.2, 0.25) is 0 Å². The lowest BCUT2D eigenvalue weighted by atomic mass is 10.0. The fraction of sp³-hybridized carbons (Fsp3) is 1.00. The fourth-order valence-electron chi connectivity index (χ4n) is 2.95. The van der Waals surface area contributed by atoms with Crippen LogP contribution < -0.4 is 5.32 Å². The van der Waals surface area contributed by atoms with E-state index < -0.39 is 0 Å². The zero-order valence-electron chi connectivity index (χ0n) is 11.5. The highest BCUT2D eigenvalue weighted by Crippen LogP contribution is 2.16. The van der Waals surface area contributed by atoms with Crippen LogP contribution in [0, 0.1) is 5.92 Å². The summed E-state index contributed by atoms with van der Waals surface area (Å²) in [7, 11) is 0. The highest BCUT2D eigenvalue weighted by molar-refractivity contribution is 4.71. The Morgan fingerprint density at radius 3 is 2.53 bits per heavy atom. The van der Waals surface area contributed by atoms with Gasteiger partial charge in [-0.2, -0.15) is 0 Å². The average Bonchev–Trinajstić information content (AvgIpc) is 2.69. The first-order valence-corrected chi connectivity index (χ1v) is 7.50. The highest BCUT2D eigenvalue weighted by Gasteiger charge is 2.15. The Balaban J connectivity index is 1.66. The van der Waals surface area contributed by atoms with Crippen LogP contribution in [0.25, 0.3) is 0 Å². The van der Waals surface area contributed by atoms with Gasteiger partial charge in [0.2, 0.25) is 0 Å². The van der Waals surface area contributed by atoms with Gasteiger partial charge >= 0.3 is 0 Å². The fourth-order valence-corrected chi connectivity index (χ4v) is 2.95. The smallest absolute Gasteiger partial charge is 0.0110 e. The molecular weight excluding hydrogens is 210 g/mol. The van der Waals surface area contributed by atoms with Crippen LogP contribution in [-0.4, -0.2) is 62.2 Å². The number of nitrogens with zero attached hydrogens (tertiary/aromatic N) is 2. The Labute approximate surface area is 107 Å². The minimum absolute atomic E-state index is 0.947. The van der Waals surface area contributed by atoms with E-state index >= 15 is 0 Å². The van der Waals surface area contributed by atoms with E-state index in [1.54, 1.807) is 0 Å². The molecule has 0 aliphatic carbocycles. The van der Waals surface area contributed by atoms with Crippen LogP contribution in [0.1, 0.15) is 32.6 Å². The summed E-state index contributed by atoms with van der Waals surface area (Å²) in [6, 6.07) is 0. The predicted octanol–water partition coefficient (Wildman–Crippen LogP) is 1.40. The molecule has 2 heterocycles. The van der Waals surface area contributed by atoms with Crippen molar-refractivity contribution in [3.8, 4) is 0 Å². The average molecular weight is 239 g/mol. The maximum absolute atomic E-state index is 3.48. The minimum atomic E-state index is 0.947. The molecule has 2 aliphatic rings. The first-order valence-electron chi connectivity index (χ1n) is 7.50. The summed E-state index contributed by atoms with van der Waals surface area (Å²) in [5.41, 5.74) is 0. The largest absolute Gasteiger partial charge is 0.315 e. The van der Waals surface area contributed by atoms with E-state index in [-0.39, 0.29) is 0 Å². The van der Waals surface area contributed by atoms with E-state index in [0.717, 1.165) is 5.92 Å². The number of likely N-dealkylation sites (tertiary alicyclic amines) is 1. The molecule has 3 heteroatoms. The first-order chi connectivity index (χ1) is 8.34. The Morgan fingerprint density at radius 2 is 1.65 bits per heavy atom. The van der Waals surface area contributed by atoms with Gasteiger partial charge in [-0.15, -0.1) is 0 Å². The van der Waals surface area contributed by atoms with Gasteiger partial charge in [0.25, 0.3) is 0 Å². The molecule has 0 bridgehead atoms. The van der Waals surface area contributed by atoms with Crippen molar-refractivity contribution in [2.45, 2.75) is 32.6 Å². The second kappa shape index (κ2) is 7.34. The van der Waals surface area contributed by atoms with Gasteiger partial charge in [0.05, 0.1) is 0 Å². The van der Waals surface area contributed by atoms with Crippen molar-refractivity contribution in [1.29, 1.82) is 0 Å². The van der Waals surface area contributed by atoms with Crippen LogP contribution in [0.4, 0.5) is 0 Å². The van der Waals surface area contributed by atoms with Gasteiger partial charge in [0.15, 0.2) is 0 Å². The maximum Gasteiger partial charge on any atom is 0.0110 e. The van der Waals surface area contributed by atoms with E-state index in [0.29, 0.717) is 0 Å². The molecule has 2 aliphatic heterocycles. The lowest BCUT2D eigenvalue weighted by Gasteiger charge is -2.25. The molecule has 2 rings (SSSR count). The summed E-state index contributed by atoms with van der Waals surface area (Å²) in [5, 5.41) is 3.48. The summed E-state index contributed by atoms with van der Waals surface area (Å²) in [6.45, 7) is 12.5. The minimum Gasteiger partial charge on any atom is -0.315 e. The monoisotopic (exact) mass is 239 g/mol. The van der Waals surface area contributed by atoms with Crippen LogP contribution in [0.5, 0.6) is 0 Å². The van der Waals surface area contributed by atoms with Crippen LogP contribution >= 0.6 is 0 Å². The van der Waals surface area contributed by atoms with Gasteiger partial charge in [0, 0.05) is 26.2 Å². The van der Waals surface area contributed by atoms with Crippen LogP contribution in [-0.2, 0) is 0 Å². The van der Waals surface area contributed by atoms with E-state index in [1.165, 1.54) is 78.0 Å². The molecule has 3 nitrogen and oxygen atoms in total. The van der Waals surface area contributed by atoms with Crippen LogP contribution in [0.15, 0.2) is 0 Å². The third kappa shape index (κ3) is 4.94. The Hall–Kier alpha value is -0.120. The molecule has 0 aromatic rings. The summed E-state index contributed by atoms with van der Waals surface area (Å²) in [4.78, 5) is 5.32. The van der Waals surface area contributed by atoms with Crippen molar-refractivity contribution >= 4 is 0 Å². The van der Waals surface area contributed by atoms with Gasteiger partial charge in [0.1, 0.15) is 0 Å². The number of hydrogen-bond acceptors (Lipinski definition) is 3. The normalized spacial score (nSPS) is 29.8. The van der Waals surface area contributed by atoms with E-state index in [4.69, 9.17) is 0 Å². The van der Waals surface area contributed by atoms with Gasteiger partial charge in [-0.05, 0) is 57.8 Å². The Bertz CT molecular complexity index is 200. The van der Waals surface area contributed by atoms with Gasteiger partial charge < -0.3 is 15.1 Å². The van der Waals surface area contributed by atoms with E-state index in [1.807, 2.05) is 0 Å².